The number of hydrazine groups is 1. The van der Waals surface area contributed by atoms with Gasteiger partial charge in [-0.1, -0.05) is 24.3 Å². The number of hydrogen-bond donors (Lipinski definition) is 2. The molecule has 0 amide bonds. The number of hydrogen-bond acceptors (Lipinski definition) is 5. The van der Waals surface area contributed by atoms with Crippen LogP contribution in [0, 0.1) is 6.92 Å². The number of benzene rings is 2. The molecule has 0 saturated heterocycles. The Kier molecular flexibility index (Phi) is 3.47. The summed E-state index contributed by atoms with van der Waals surface area (Å²) in [4.78, 5) is 20.5. The molecule has 0 unspecified atom stereocenters. The number of nitrogens with one attached hydrogen (secondary N) is 2. The van der Waals surface area contributed by atoms with Crippen molar-refractivity contribution in [3.05, 3.63) is 70.6 Å². The summed E-state index contributed by atoms with van der Waals surface area (Å²) < 4.78 is 0. The van der Waals surface area contributed by atoms with E-state index in [1.165, 1.54) is 6.20 Å². The van der Waals surface area contributed by atoms with Gasteiger partial charge in [0, 0.05) is 0 Å². The molecule has 0 fully saturated rings. The minimum Gasteiger partial charge on any atom is -0.301 e. The van der Waals surface area contributed by atoms with E-state index in [1.54, 1.807) is 6.07 Å². The van der Waals surface area contributed by atoms with Crippen LogP contribution >= 0.6 is 0 Å². The first-order valence-corrected chi connectivity index (χ1v) is 6.57. The van der Waals surface area contributed by atoms with E-state index in [0.717, 1.165) is 11.3 Å². The van der Waals surface area contributed by atoms with Crippen molar-refractivity contribution in [2.24, 2.45) is 0 Å². The maximum atomic E-state index is 12.1. The molecular weight excluding hydrogens is 264 g/mol. The fourth-order valence-corrected chi connectivity index (χ4v) is 1.94. The molecule has 104 valence electrons. The lowest BCUT2D eigenvalue weighted by atomic mass is 10.2. The highest BCUT2D eigenvalue weighted by atomic mass is 16.1. The van der Waals surface area contributed by atoms with Crippen molar-refractivity contribution in [2.75, 3.05) is 10.9 Å². The molecule has 5 heteroatoms. The second kappa shape index (κ2) is 5.58. The molecule has 0 bridgehead atoms. The average Bonchev–Trinajstić information content (AvgIpc) is 2.65. The van der Waals surface area contributed by atoms with Crippen molar-refractivity contribution in [3.8, 4) is 0 Å². The van der Waals surface area contributed by atoms with Crippen LogP contribution in [0.2, 0.25) is 0 Å². The van der Waals surface area contributed by atoms with Crippen LogP contribution in [0.1, 0.15) is 5.56 Å². The summed E-state index contributed by atoms with van der Waals surface area (Å²) in [6.45, 7) is 1.97. The number of rotatable bonds is 3. The van der Waals surface area contributed by atoms with Gasteiger partial charge < -0.3 is 5.43 Å². The van der Waals surface area contributed by atoms with E-state index in [9.17, 15) is 4.79 Å². The summed E-state index contributed by atoms with van der Waals surface area (Å²) >= 11 is 0. The fourth-order valence-electron chi connectivity index (χ4n) is 1.94. The van der Waals surface area contributed by atoms with Crippen molar-refractivity contribution in [2.45, 2.75) is 6.92 Å². The number of aromatic nitrogens is 2. The van der Waals surface area contributed by atoms with Crippen LogP contribution in [0.15, 0.2) is 59.5 Å². The van der Waals surface area contributed by atoms with Gasteiger partial charge in [0.05, 0.1) is 22.9 Å². The van der Waals surface area contributed by atoms with Crippen molar-refractivity contribution < 1.29 is 0 Å². The van der Waals surface area contributed by atoms with Gasteiger partial charge in [-0.3, -0.25) is 15.2 Å². The lowest BCUT2D eigenvalue weighted by Crippen LogP contribution is -2.16. The van der Waals surface area contributed by atoms with E-state index in [-0.39, 0.29) is 5.56 Å². The smallest absolute Gasteiger partial charge is 0.297 e. The Morgan fingerprint density at radius 2 is 1.76 bits per heavy atom. The molecule has 0 radical (unpaired) electrons. The van der Waals surface area contributed by atoms with E-state index >= 15 is 0 Å². The van der Waals surface area contributed by atoms with Crippen molar-refractivity contribution in [1.82, 2.24) is 9.97 Å². The molecule has 0 aliphatic rings. The van der Waals surface area contributed by atoms with Crippen LogP contribution in [-0.4, -0.2) is 9.97 Å². The monoisotopic (exact) mass is 278 g/mol. The normalized spacial score (nSPS) is 10.3. The topological polar surface area (TPSA) is 66.9 Å². The molecule has 3 aromatic rings. The average molecular weight is 278 g/mol. The van der Waals surface area contributed by atoms with Crippen molar-refractivity contribution in [3.63, 3.8) is 0 Å². The highest BCUT2D eigenvalue weighted by Gasteiger charge is 2.02. The Labute approximate surface area is 121 Å². The Hall–Kier alpha value is -2.95. The van der Waals surface area contributed by atoms with Crippen LogP contribution in [0.3, 0.4) is 0 Å². The first kappa shape index (κ1) is 13.1. The van der Waals surface area contributed by atoms with Crippen LogP contribution in [0.5, 0.6) is 0 Å². The Morgan fingerprint density at radius 1 is 0.952 bits per heavy atom. The van der Waals surface area contributed by atoms with Crippen molar-refractivity contribution >= 4 is 22.4 Å². The Balaban J connectivity index is 1.94. The maximum Gasteiger partial charge on any atom is 0.297 e. The molecular formula is C16H14N4O. The van der Waals surface area contributed by atoms with E-state index in [0.29, 0.717) is 16.7 Å². The first-order valence-electron chi connectivity index (χ1n) is 6.57. The van der Waals surface area contributed by atoms with Gasteiger partial charge in [0.1, 0.15) is 5.69 Å². The van der Waals surface area contributed by atoms with E-state index < -0.39 is 0 Å². The van der Waals surface area contributed by atoms with E-state index in [4.69, 9.17) is 0 Å². The van der Waals surface area contributed by atoms with Gasteiger partial charge >= 0.3 is 0 Å². The molecule has 21 heavy (non-hydrogen) atoms. The fraction of sp³-hybridized carbons (Fsp3) is 0.0625. The van der Waals surface area contributed by atoms with Crippen LogP contribution in [0.4, 0.5) is 11.4 Å². The highest BCUT2D eigenvalue weighted by molar-refractivity contribution is 5.74. The largest absolute Gasteiger partial charge is 0.301 e. The van der Waals surface area contributed by atoms with Crippen LogP contribution < -0.4 is 16.4 Å². The summed E-state index contributed by atoms with van der Waals surface area (Å²) in [6.07, 6.45) is 1.49. The third-order valence-corrected chi connectivity index (χ3v) is 3.03. The number of aryl methyl sites for hydroxylation is 1. The van der Waals surface area contributed by atoms with Gasteiger partial charge in [0.25, 0.3) is 5.56 Å². The summed E-state index contributed by atoms with van der Waals surface area (Å²) in [6, 6.07) is 15.1. The second-order valence-electron chi connectivity index (χ2n) is 4.70. The predicted octanol–water partition coefficient (Wildman–Crippen LogP) is 2.74. The molecule has 5 nitrogen and oxygen atoms in total. The zero-order valence-electron chi connectivity index (χ0n) is 11.5. The summed E-state index contributed by atoms with van der Waals surface area (Å²) in [7, 11) is 0. The lowest BCUT2D eigenvalue weighted by molar-refractivity contribution is 1.29. The molecule has 2 N–H and O–H groups in total. The van der Waals surface area contributed by atoms with Gasteiger partial charge in [-0.05, 0) is 36.8 Å². The molecule has 0 aliphatic carbocycles. The minimum atomic E-state index is -0.357. The van der Waals surface area contributed by atoms with Gasteiger partial charge in [0.2, 0.25) is 0 Å². The molecule has 1 aromatic heterocycles. The summed E-state index contributed by atoms with van der Waals surface area (Å²) in [5.74, 6) is 0. The molecule has 0 spiro atoms. The quantitative estimate of drug-likeness (QED) is 0.721. The zero-order valence-corrected chi connectivity index (χ0v) is 11.5. The molecule has 0 aliphatic heterocycles. The third kappa shape index (κ3) is 2.97. The molecule has 0 saturated carbocycles. The Bertz CT molecular complexity index is 834. The zero-order chi connectivity index (χ0) is 14.7. The SMILES string of the molecule is Cc1ccc2nc(=O)c(NNc3ccccc3)cnc2c1. The van der Waals surface area contributed by atoms with Gasteiger partial charge in [-0.25, -0.2) is 4.98 Å². The molecule has 3 rings (SSSR count). The van der Waals surface area contributed by atoms with Crippen LogP contribution in [0.25, 0.3) is 11.0 Å². The minimum absolute atomic E-state index is 0.299. The van der Waals surface area contributed by atoms with Gasteiger partial charge in [-0.15, -0.1) is 0 Å². The first-order chi connectivity index (χ1) is 10.2. The molecule has 2 aromatic carbocycles. The number of anilines is 2. The highest BCUT2D eigenvalue weighted by Crippen LogP contribution is 2.10. The van der Waals surface area contributed by atoms with E-state index in [2.05, 4.69) is 20.8 Å². The summed E-state index contributed by atoms with van der Waals surface area (Å²) in [5, 5.41) is 0. The van der Waals surface area contributed by atoms with E-state index in [1.807, 2.05) is 49.4 Å². The van der Waals surface area contributed by atoms with Crippen molar-refractivity contribution in [1.29, 1.82) is 0 Å². The maximum absolute atomic E-state index is 12.1. The third-order valence-electron chi connectivity index (χ3n) is 3.03. The van der Waals surface area contributed by atoms with Crippen LogP contribution in [-0.2, 0) is 0 Å². The number of para-hydroxylation sites is 1. The van der Waals surface area contributed by atoms with Gasteiger partial charge in [-0.2, -0.15) is 0 Å². The Morgan fingerprint density at radius 3 is 2.57 bits per heavy atom. The standard InChI is InChI=1S/C16H14N4O/c1-11-7-8-13-14(9-11)17-10-15(16(21)18-13)20-19-12-5-3-2-4-6-12/h2-10,19H,1H3,(H,18,20,21). The van der Waals surface area contributed by atoms with Gasteiger partial charge in [0.15, 0.2) is 0 Å². The lowest BCUT2D eigenvalue weighted by Gasteiger charge is -2.06. The molecule has 1 heterocycles. The number of nitrogens with zero attached hydrogens (tertiary/aromatic N) is 2. The summed E-state index contributed by atoms with van der Waals surface area (Å²) in [5.41, 5.74) is 8.95. The molecule has 0 atom stereocenters. The number of fused-ring (bicyclic) bond motifs is 1. The second-order valence-corrected chi connectivity index (χ2v) is 4.70. The predicted molar refractivity (Wildman–Crippen MR) is 84.2 cm³/mol.